The van der Waals surface area contributed by atoms with E-state index in [1.165, 1.54) is 29.2 Å². The van der Waals surface area contributed by atoms with Gasteiger partial charge in [0.25, 0.3) is 0 Å². The second-order valence-electron chi connectivity index (χ2n) is 3.96. The first-order valence-electron chi connectivity index (χ1n) is 5.65. The zero-order valence-electron chi connectivity index (χ0n) is 11.1. The minimum atomic E-state index is -3.13. The molecule has 20 heavy (non-hydrogen) atoms. The molecule has 2 aromatic rings. The fourth-order valence-corrected chi connectivity index (χ4v) is 2.31. The maximum Gasteiger partial charge on any atom is 0.175 e. The number of thioether (sulfide) groups is 1. The summed E-state index contributed by atoms with van der Waals surface area (Å²) in [7, 11) is -3.13. The van der Waals surface area contributed by atoms with Crippen LogP contribution >= 0.6 is 11.8 Å². The summed E-state index contributed by atoms with van der Waals surface area (Å²) in [4.78, 5) is 1.39. The van der Waals surface area contributed by atoms with Crippen molar-refractivity contribution in [2.24, 2.45) is 0 Å². The van der Waals surface area contributed by atoms with Gasteiger partial charge in [-0.25, -0.2) is 8.42 Å². The first kappa shape index (κ1) is 16.4. The van der Waals surface area contributed by atoms with Gasteiger partial charge in [0.1, 0.15) is 11.5 Å². The molecule has 0 fully saturated rings. The van der Waals surface area contributed by atoms with E-state index in [0.29, 0.717) is 5.75 Å². The topological polar surface area (TPSA) is 74.6 Å². The van der Waals surface area contributed by atoms with Gasteiger partial charge in [-0.05, 0) is 54.8 Å². The normalized spacial score (nSPS) is 10.5. The molecule has 0 aliphatic rings. The average Bonchev–Trinajstić information content (AvgIpc) is 2.40. The number of phenols is 2. The van der Waals surface area contributed by atoms with Crippen molar-refractivity contribution in [3.05, 3.63) is 48.5 Å². The van der Waals surface area contributed by atoms with Crippen LogP contribution in [-0.2, 0) is 9.84 Å². The number of sulfone groups is 1. The van der Waals surface area contributed by atoms with E-state index in [9.17, 15) is 8.42 Å². The van der Waals surface area contributed by atoms with Crippen LogP contribution < -0.4 is 0 Å². The fourth-order valence-electron chi connectivity index (χ4n) is 1.28. The summed E-state index contributed by atoms with van der Waals surface area (Å²) in [6.07, 6.45) is 3.13. The Bertz CT molecular complexity index is 632. The molecule has 0 saturated carbocycles. The van der Waals surface area contributed by atoms with Crippen molar-refractivity contribution in [1.29, 1.82) is 0 Å². The minimum absolute atomic E-state index is 0.0670. The molecule has 0 spiro atoms. The van der Waals surface area contributed by atoms with Gasteiger partial charge in [-0.3, -0.25) is 0 Å². The van der Waals surface area contributed by atoms with Gasteiger partial charge >= 0.3 is 0 Å². The molecule has 0 atom stereocenters. The van der Waals surface area contributed by atoms with Crippen LogP contribution in [0.1, 0.15) is 0 Å². The third-order valence-corrected chi connectivity index (χ3v) is 4.21. The van der Waals surface area contributed by atoms with Gasteiger partial charge < -0.3 is 10.2 Å². The van der Waals surface area contributed by atoms with Crippen LogP contribution in [-0.4, -0.2) is 31.1 Å². The van der Waals surface area contributed by atoms with Crippen LogP contribution in [0, 0.1) is 0 Å². The molecule has 0 aromatic heterocycles. The Labute approximate surface area is 123 Å². The van der Waals surface area contributed by atoms with Crippen molar-refractivity contribution in [2.45, 2.75) is 9.79 Å². The Balaban J connectivity index is 0.000000204. The lowest BCUT2D eigenvalue weighted by atomic mass is 10.3. The lowest BCUT2D eigenvalue weighted by Gasteiger charge is -1.96. The van der Waals surface area contributed by atoms with Gasteiger partial charge in [0, 0.05) is 11.2 Å². The summed E-state index contributed by atoms with van der Waals surface area (Å²) < 4.78 is 21.7. The Morgan fingerprint density at radius 1 is 0.850 bits per heavy atom. The average molecular weight is 312 g/mol. The SMILES string of the molecule is CS(=O)(=O)c1ccc(O)cc1.CSc1ccc(O)cc1. The van der Waals surface area contributed by atoms with Crippen LogP contribution in [0.5, 0.6) is 11.5 Å². The molecule has 0 saturated heterocycles. The Morgan fingerprint density at radius 3 is 1.60 bits per heavy atom. The molecular formula is C14H16O4S2. The number of hydrogen-bond acceptors (Lipinski definition) is 5. The highest BCUT2D eigenvalue weighted by Crippen LogP contribution is 2.17. The van der Waals surface area contributed by atoms with Gasteiger partial charge in [0.05, 0.1) is 4.90 Å². The largest absolute Gasteiger partial charge is 0.508 e. The van der Waals surface area contributed by atoms with Crippen molar-refractivity contribution in [3.63, 3.8) is 0 Å². The van der Waals surface area contributed by atoms with Crippen LogP contribution in [0.25, 0.3) is 0 Å². The van der Waals surface area contributed by atoms with E-state index >= 15 is 0 Å². The number of hydrogen-bond donors (Lipinski definition) is 2. The maximum atomic E-state index is 10.9. The highest BCUT2D eigenvalue weighted by atomic mass is 32.2. The summed E-state index contributed by atoms with van der Waals surface area (Å²) >= 11 is 1.67. The summed E-state index contributed by atoms with van der Waals surface area (Å²) in [5, 5.41) is 17.7. The lowest BCUT2D eigenvalue weighted by Crippen LogP contribution is -1.95. The molecule has 2 N–H and O–H groups in total. The van der Waals surface area contributed by atoms with Crippen LogP contribution in [0.15, 0.2) is 58.3 Å². The monoisotopic (exact) mass is 312 g/mol. The highest BCUT2D eigenvalue weighted by molar-refractivity contribution is 7.98. The molecule has 0 unspecified atom stereocenters. The van der Waals surface area contributed by atoms with E-state index in [2.05, 4.69) is 0 Å². The van der Waals surface area contributed by atoms with Crippen LogP contribution in [0.2, 0.25) is 0 Å². The van der Waals surface area contributed by atoms with E-state index < -0.39 is 9.84 Å². The van der Waals surface area contributed by atoms with E-state index in [0.717, 1.165) is 6.26 Å². The highest BCUT2D eigenvalue weighted by Gasteiger charge is 2.04. The van der Waals surface area contributed by atoms with Crippen molar-refractivity contribution in [2.75, 3.05) is 12.5 Å². The summed E-state index contributed by atoms with van der Waals surface area (Å²) in [5.74, 6) is 0.394. The van der Waals surface area contributed by atoms with Crippen LogP contribution in [0.3, 0.4) is 0 Å². The Hall–Kier alpha value is -1.66. The predicted octanol–water partition coefficient (Wildman–Crippen LogP) is 2.91. The van der Waals surface area contributed by atoms with Crippen LogP contribution in [0.4, 0.5) is 0 Å². The molecule has 4 nitrogen and oxygen atoms in total. The Morgan fingerprint density at radius 2 is 1.25 bits per heavy atom. The third kappa shape index (κ3) is 5.54. The smallest absolute Gasteiger partial charge is 0.175 e. The molecule has 0 radical (unpaired) electrons. The first-order chi connectivity index (χ1) is 9.32. The quantitative estimate of drug-likeness (QED) is 0.834. The first-order valence-corrected chi connectivity index (χ1v) is 8.76. The molecule has 0 aliphatic heterocycles. The maximum absolute atomic E-state index is 10.9. The second kappa shape index (κ2) is 7.21. The van der Waals surface area contributed by atoms with Crippen molar-refractivity contribution in [3.8, 4) is 11.5 Å². The number of phenolic OH excluding ortho intramolecular Hbond substituents is 2. The van der Waals surface area contributed by atoms with Crippen molar-refractivity contribution < 1.29 is 18.6 Å². The van der Waals surface area contributed by atoms with Gasteiger partial charge in [-0.15, -0.1) is 11.8 Å². The number of benzene rings is 2. The third-order valence-electron chi connectivity index (χ3n) is 2.34. The molecule has 108 valence electrons. The van der Waals surface area contributed by atoms with Gasteiger partial charge in [0.15, 0.2) is 9.84 Å². The molecule has 0 heterocycles. The zero-order chi connectivity index (χ0) is 15.2. The number of rotatable bonds is 2. The van der Waals surface area contributed by atoms with E-state index in [4.69, 9.17) is 10.2 Å². The number of aromatic hydroxyl groups is 2. The molecule has 0 aliphatic carbocycles. The molecule has 2 rings (SSSR count). The second-order valence-corrected chi connectivity index (χ2v) is 6.86. The van der Waals surface area contributed by atoms with Gasteiger partial charge in [-0.2, -0.15) is 0 Å². The fraction of sp³-hybridized carbons (Fsp3) is 0.143. The molecule has 0 amide bonds. The van der Waals surface area contributed by atoms with Crippen molar-refractivity contribution >= 4 is 21.6 Å². The summed E-state index contributed by atoms with van der Waals surface area (Å²) in [6.45, 7) is 0. The van der Waals surface area contributed by atoms with E-state index in [-0.39, 0.29) is 10.6 Å². The van der Waals surface area contributed by atoms with Gasteiger partial charge in [0.2, 0.25) is 0 Å². The molecular weight excluding hydrogens is 296 g/mol. The zero-order valence-corrected chi connectivity index (χ0v) is 12.8. The predicted molar refractivity (Wildman–Crippen MR) is 81.1 cm³/mol. The standard InChI is InChI=1S/C7H8O3S.C7H8OS/c1-11(9,10)7-4-2-6(8)3-5-7;1-9-7-4-2-6(8)3-5-7/h2-5,8H,1H3;2-5,8H,1H3. The Kier molecular flexibility index (Phi) is 5.91. The lowest BCUT2D eigenvalue weighted by molar-refractivity contribution is 0.474. The van der Waals surface area contributed by atoms with Gasteiger partial charge in [-0.1, -0.05) is 0 Å². The molecule has 2 aromatic carbocycles. The minimum Gasteiger partial charge on any atom is -0.508 e. The summed E-state index contributed by atoms with van der Waals surface area (Å²) in [6, 6.07) is 12.6. The van der Waals surface area contributed by atoms with Crippen molar-refractivity contribution in [1.82, 2.24) is 0 Å². The van der Waals surface area contributed by atoms with E-state index in [1.54, 1.807) is 23.9 Å². The molecule has 6 heteroatoms. The van der Waals surface area contributed by atoms with E-state index in [1.807, 2.05) is 18.4 Å². The summed E-state index contributed by atoms with van der Waals surface area (Å²) in [5.41, 5.74) is 0. The molecule has 0 bridgehead atoms.